The summed E-state index contributed by atoms with van der Waals surface area (Å²) in [5, 5.41) is 0. The van der Waals surface area contributed by atoms with E-state index in [0.29, 0.717) is 24.7 Å². The van der Waals surface area contributed by atoms with Crippen LogP contribution in [0.5, 0.6) is 11.5 Å². The van der Waals surface area contributed by atoms with Gasteiger partial charge in [0.15, 0.2) is 11.5 Å². The summed E-state index contributed by atoms with van der Waals surface area (Å²) in [5.74, 6) is 5.86. The van der Waals surface area contributed by atoms with Crippen molar-refractivity contribution in [1.29, 1.82) is 0 Å². The smallest absolute Gasteiger partial charge is 0.253 e. The second kappa shape index (κ2) is 3.69. The molecule has 15 heavy (non-hydrogen) atoms. The van der Waals surface area contributed by atoms with E-state index in [4.69, 9.17) is 15.3 Å². The fourth-order valence-electron chi connectivity index (χ4n) is 1.26. The van der Waals surface area contributed by atoms with Crippen molar-refractivity contribution in [2.24, 2.45) is 5.84 Å². The number of nitrogens with one attached hydrogen (secondary N) is 1. The molecule has 0 saturated carbocycles. The molecule has 1 aromatic carbocycles. The van der Waals surface area contributed by atoms with Crippen molar-refractivity contribution in [2.75, 3.05) is 13.2 Å². The maximum Gasteiger partial charge on any atom is 0.253 e. The summed E-state index contributed by atoms with van der Waals surface area (Å²) in [6.45, 7) is 0.876. The minimum absolute atomic E-state index is 0.0502. The van der Waals surface area contributed by atoms with Crippen LogP contribution in [0.15, 0.2) is 23.1 Å². The van der Waals surface area contributed by atoms with Crippen LogP contribution in [0.3, 0.4) is 0 Å². The van der Waals surface area contributed by atoms with Gasteiger partial charge in [-0.25, -0.2) is 8.42 Å². The number of nitrogens with two attached hydrogens (primary N) is 1. The van der Waals surface area contributed by atoms with Crippen molar-refractivity contribution in [2.45, 2.75) is 4.90 Å². The van der Waals surface area contributed by atoms with Crippen molar-refractivity contribution >= 4 is 10.0 Å². The number of hydrogen-bond acceptors (Lipinski definition) is 5. The highest BCUT2D eigenvalue weighted by molar-refractivity contribution is 7.89. The summed E-state index contributed by atoms with van der Waals surface area (Å²) in [7, 11) is -3.64. The van der Waals surface area contributed by atoms with Gasteiger partial charge in [-0.3, -0.25) is 5.84 Å². The zero-order valence-electron chi connectivity index (χ0n) is 7.76. The van der Waals surface area contributed by atoms with Gasteiger partial charge in [-0.2, -0.15) is 4.83 Å². The summed E-state index contributed by atoms with van der Waals surface area (Å²) in [5.41, 5.74) is 0. The van der Waals surface area contributed by atoms with Crippen LogP contribution in [0.4, 0.5) is 0 Å². The zero-order valence-corrected chi connectivity index (χ0v) is 8.58. The summed E-state index contributed by atoms with van der Waals surface area (Å²) in [6, 6.07) is 4.32. The SMILES string of the molecule is NNS(=O)(=O)c1ccc2c(c1)OCCO2. The molecular weight excluding hydrogens is 220 g/mol. The van der Waals surface area contributed by atoms with E-state index in [1.807, 2.05) is 0 Å². The fraction of sp³-hybridized carbons (Fsp3) is 0.250. The average Bonchev–Trinajstić information content (AvgIpc) is 2.28. The molecule has 1 aliphatic rings. The monoisotopic (exact) mass is 230 g/mol. The molecule has 0 fully saturated rings. The summed E-state index contributed by atoms with van der Waals surface area (Å²) >= 11 is 0. The second-order valence-electron chi connectivity index (χ2n) is 2.93. The van der Waals surface area contributed by atoms with Crippen LogP contribution in [0.2, 0.25) is 0 Å². The number of ether oxygens (including phenoxy) is 2. The van der Waals surface area contributed by atoms with Crippen molar-refractivity contribution in [3.8, 4) is 11.5 Å². The number of benzene rings is 1. The van der Waals surface area contributed by atoms with Gasteiger partial charge in [0.2, 0.25) is 0 Å². The molecule has 0 spiro atoms. The third-order valence-corrected chi connectivity index (χ3v) is 3.16. The molecule has 2 rings (SSSR count). The maximum absolute atomic E-state index is 11.4. The Hall–Kier alpha value is -1.31. The van der Waals surface area contributed by atoms with Crippen LogP contribution in [-0.4, -0.2) is 21.6 Å². The van der Waals surface area contributed by atoms with Crippen LogP contribution >= 0.6 is 0 Å². The molecule has 0 saturated heterocycles. The Kier molecular flexibility index (Phi) is 2.51. The highest BCUT2D eigenvalue weighted by atomic mass is 32.2. The Labute approximate surface area is 87.0 Å². The minimum atomic E-state index is -3.64. The Bertz CT molecular complexity index is 472. The van der Waals surface area contributed by atoms with Gasteiger partial charge in [-0.15, -0.1) is 0 Å². The third kappa shape index (κ3) is 1.89. The van der Waals surface area contributed by atoms with Gasteiger partial charge in [-0.05, 0) is 12.1 Å². The first-order valence-corrected chi connectivity index (χ1v) is 5.74. The van der Waals surface area contributed by atoms with E-state index in [1.54, 1.807) is 10.9 Å². The Balaban J connectivity index is 2.45. The van der Waals surface area contributed by atoms with Gasteiger partial charge in [0, 0.05) is 6.07 Å². The largest absolute Gasteiger partial charge is 0.486 e. The molecule has 7 heteroatoms. The lowest BCUT2D eigenvalue weighted by Crippen LogP contribution is -2.30. The first kappa shape index (κ1) is 10.2. The summed E-state index contributed by atoms with van der Waals surface area (Å²) in [6.07, 6.45) is 0. The molecule has 1 heterocycles. The van der Waals surface area contributed by atoms with E-state index in [9.17, 15) is 8.42 Å². The predicted molar refractivity (Wildman–Crippen MR) is 51.9 cm³/mol. The van der Waals surface area contributed by atoms with Crippen molar-refractivity contribution in [1.82, 2.24) is 4.83 Å². The maximum atomic E-state index is 11.4. The number of sulfonamides is 1. The van der Waals surface area contributed by atoms with Gasteiger partial charge >= 0.3 is 0 Å². The van der Waals surface area contributed by atoms with Gasteiger partial charge in [0.05, 0.1) is 4.90 Å². The Morgan fingerprint density at radius 3 is 2.53 bits per heavy atom. The molecule has 6 nitrogen and oxygen atoms in total. The lowest BCUT2D eigenvalue weighted by Gasteiger charge is -2.18. The van der Waals surface area contributed by atoms with E-state index >= 15 is 0 Å². The molecule has 0 bridgehead atoms. The van der Waals surface area contributed by atoms with Gasteiger partial charge in [0.1, 0.15) is 13.2 Å². The Morgan fingerprint density at radius 2 is 1.87 bits per heavy atom. The summed E-state index contributed by atoms with van der Waals surface area (Å²) in [4.78, 5) is 1.79. The first-order chi connectivity index (χ1) is 7.13. The minimum Gasteiger partial charge on any atom is -0.486 e. The molecule has 0 unspecified atom stereocenters. The molecule has 0 amide bonds. The van der Waals surface area contributed by atoms with Crippen LogP contribution in [0.1, 0.15) is 0 Å². The van der Waals surface area contributed by atoms with E-state index in [1.165, 1.54) is 12.1 Å². The van der Waals surface area contributed by atoms with Gasteiger partial charge in [0.25, 0.3) is 10.0 Å². The predicted octanol–water partition coefficient (Wildman–Crippen LogP) is -0.390. The normalized spacial score (nSPS) is 15.0. The number of fused-ring (bicyclic) bond motifs is 1. The topological polar surface area (TPSA) is 90.7 Å². The fourth-order valence-corrected chi connectivity index (χ4v) is 1.90. The Morgan fingerprint density at radius 1 is 1.20 bits per heavy atom. The van der Waals surface area contributed by atoms with Gasteiger partial charge < -0.3 is 9.47 Å². The van der Waals surface area contributed by atoms with Gasteiger partial charge in [-0.1, -0.05) is 0 Å². The molecule has 1 aromatic rings. The van der Waals surface area contributed by atoms with E-state index in [0.717, 1.165) is 0 Å². The van der Waals surface area contributed by atoms with Crippen molar-refractivity contribution in [3.05, 3.63) is 18.2 Å². The van der Waals surface area contributed by atoms with E-state index < -0.39 is 10.0 Å². The number of hydrogen-bond donors (Lipinski definition) is 2. The molecular formula is C8H10N2O4S. The molecule has 0 atom stereocenters. The molecule has 1 aliphatic heterocycles. The lowest BCUT2D eigenvalue weighted by atomic mass is 10.3. The lowest BCUT2D eigenvalue weighted by molar-refractivity contribution is 0.171. The van der Waals surface area contributed by atoms with Crippen molar-refractivity contribution < 1.29 is 17.9 Å². The van der Waals surface area contributed by atoms with E-state index in [2.05, 4.69) is 0 Å². The van der Waals surface area contributed by atoms with Crippen LogP contribution in [0.25, 0.3) is 0 Å². The second-order valence-corrected chi connectivity index (χ2v) is 4.64. The first-order valence-electron chi connectivity index (χ1n) is 4.25. The average molecular weight is 230 g/mol. The molecule has 0 radical (unpaired) electrons. The number of hydrazine groups is 1. The van der Waals surface area contributed by atoms with Crippen LogP contribution in [0, 0.1) is 0 Å². The molecule has 3 N–H and O–H groups in total. The standard InChI is InChI=1S/C8H10N2O4S/c9-10-15(11,12)6-1-2-7-8(5-6)14-4-3-13-7/h1-2,5,10H,3-4,9H2. The molecule has 0 aromatic heterocycles. The highest BCUT2D eigenvalue weighted by Gasteiger charge is 2.17. The quantitative estimate of drug-likeness (QED) is 0.533. The summed E-state index contributed by atoms with van der Waals surface area (Å²) < 4.78 is 33.2. The zero-order chi connectivity index (χ0) is 10.9. The highest BCUT2D eigenvalue weighted by Crippen LogP contribution is 2.31. The number of rotatable bonds is 2. The van der Waals surface area contributed by atoms with E-state index in [-0.39, 0.29) is 4.90 Å². The van der Waals surface area contributed by atoms with Crippen LogP contribution < -0.4 is 20.1 Å². The molecule has 82 valence electrons. The third-order valence-electron chi connectivity index (χ3n) is 1.98. The molecule has 0 aliphatic carbocycles. The van der Waals surface area contributed by atoms with Crippen LogP contribution in [-0.2, 0) is 10.0 Å². The van der Waals surface area contributed by atoms with Crippen molar-refractivity contribution in [3.63, 3.8) is 0 Å².